The van der Waals surface area contributed by atoms with Crippen molar-refractivity contribution in [2.24, 2.45) is 0 Å². The van der Waals surface area contributed by atoms with E-state index in [9.17, 15) is 52.7 Å². The zero-order chi connectivity index (χ0) is 45.9. The van der Waals surface area contributed by atoms with Gasteiger partial charge in [0.15, 0.2) is 29.1 Å². The first-order valence-corrected chi connectivity index (χ1v) is 17.4. The van der Waals surface area contributed by atoms with Crippen molar-refractivity contribution in [1.82, 2.24) is 0 Å². The van der Waals surface area contributed by atoms with E-state index in [1.165, 1.54) is 0 Å². The van der Waals surface area contributed by atoms with E-state index in [2.05, 4.69) is 0 Å². The Kier molecular flexibility index (Phi) is 16.1. The van der Waals surface area contributed by atoms with Crippen LogP contribution in [0.25, 0.3) is 0 Å². The predicted octanol–water partition coefficient (Wildman–Crippen LogP) is 1.77. The van der Waals surface area contributed by atoms with Crippen LogP contribution in [0.4, 0.5) is 0 Å². The zero-order valence-electron chi connectivity index (χ0n) is 33.8. The molecule has 0 aliphatic carbocycles. The van der Waals surface area contributed by atoms with E-state index < -0.39 is 149 Å². The molecule has 0 aromatic heterocycles. The Morgan fingerprint density at radius 1 is 0.475 bits per heavy atom. The predicted molar refractivity (Wildman–Crippen MR) is 192 cm³/mol. The van der Waals surface area contributed by atoms with Gasteiger partial charge in [0.05, 0.1) is 11.1 Å². The lowest BCUT2D eigenvalue weighted by Crippen LogP contribution is -2.58. The van der Waals surface area contributed by atoms with E-state index in [-0.39, 0.29) is 0 Å². The van der Waals surface area contributed by atoms with Gasteiger partial charge in [-0.15, -0.1) is 0 Å². The minimum atomic E-state index is -2.57. The van der Waals surface area contributed by atoms with Crippen molar-refractivity contribution in [2.75, 3.05) is 13.2 Å². The Hall–Kier alpha value is -7.43. The van der Waals surface area contributed by atoms with Crippen LogP contribution in [0.3, 0.4) is 0 Å². The minimum absolute atomic E-state index is 0.469. The molecule has 4 atom stereocenters. The molecule has 3 rings (SSSR count). The maximum Gasteiger partial charge on any atom is 0.338 e. The van der Waals surface area contributed by atoms with Gasteiger partial charge in [0.2, 0.25) is 17.1 Å². The summed E-state index contributed by atoms with van der Waals surface area (Å²) in [6, 6.07) is 3.53. The normalized spacial score (nSPS) is 17.6. The summed E-state index contributed by atoms with van der Waals surface area (Å²) in [4.78, 5) is 136. The van der Waals surface area contributed by atoms with Gasteiger partial charge < -0.3 is 56.8 Å². The van der Waals surface area contributed by atoms with Gasteiger partial charge >= 0.3 is 65.7 Å². The highest BCUT2D eigenvalue weighted by molar-refractivity contribution is 5.93. The summed E-state index contributed by atoms with van der Waals surface area (Å²) in [5.74, 6) is -14.9. The van der Waals surface area contributed by atoms with Crippen LogP contribution < -0.4 is 28.4 Å². The first-order valence-electron chi connectivity index (χ1n) is 17.4. The fourth-order valence-corrected chi connectivity index (χ4v) is 5.41. The van der Waals surface area contributed by atoms with Crippen molar-refractivity contribution in [1.29, 1.82) is 0 Å². The summed E-state index contributed by atoms with van der Waals surface area (Å²) in [5.41, 5.74) is -3.57. The summed E-state index contributed by atoms with van der Waals surface area (Å²) < 4.78 is 63.2. The molecule has 0 amide bonds. The van der Waals surface area contributed by atoms with Crippen LogP contribution in [-0.2, 0) is 71.6 Å². The molecule has 1 fully saturated rings. The van der Waals surface area contributed by atoms with Gasteiger partial charge in [0, 0.05) is 62.3 Å². The molecule has 1 heterocycles. The summed E-state index contributed by atoms with van der Waals surface area (Å²) >= 11 is 0. The number of ether oxygens (including phenoxy) is 12. The van der Waals surface area contributed by atoms with Crippen molar-refractivity contribution < 1.29 is 110 Å². The van der Waals surface area contributed by atoms with Crippen LogP contribution in [0.5, 0.6) is 34.5 Å². The van der Waals surface area contributed by atoms with Crippen LogP contribution in [0, 0.1) is 0 Å². The van der Waals surface area contributed by atoms with Crippen molar-refractivity contribution >= 4 is 65.7 Å². The third-order valence-corrected chi connectivity index (χ3v) is 7.24. The van der Waals surface area contributed by atoms with E-state index in [1.54, 1.807) is 0 Å². The number of hydrogen-bond acceptors (Lipinski definition) is 23. The topological polar surface area (TPSA) is 299 Å². The lowest BCUT2D eigenvalue weighted by molar-refractivity contribution is -0.231. The van der Waals surface area contributed by atoms with Gasteiger partial charge in [-0.3, -0.25) is 43.2 Å². The maximum atomic E-state index is 13.7. The van der Waals surface area contributed by atoms with E-state index in [0.29, 0.717) is 0 Å². The van der Waals surface area contributed by atoms with E-state index >= 15 is 0 Å². The lowest BCUT2D eigenvalue weighted by Gasteiger charge is -2.35. The second kappa shape index (κ2) is 20.5. The monoisotopic (exact) mass is 862 g/mol. The van der Waals surface area contributed by atoms with Gasteiger partial charge in [0.1, 0.15) is 19.3 Å². The molecule has 61 heavy (non-hydrogen) atoms. The van der Waals surface area contributed by atoms with Crippen molar-refractivity contribution in [2.45, 2.75) is 86.4 Å². The highest BCUT2D eigenvalue weighted by Gasteiger charge is 2.65. The second-order valence-electron chi connectivity index (χ2n) is 12.5. The van der Waals surface area contributed by atoms with E-state index in [1.807, 2.05) is 0 Å². The number of carbonyl (C=O) groups excluding carboxylic acids is 11. The summed E-state index contributed by atoms with van der Waals surface area (Å²) in [7, 11) is 0. The molecule has 1 saturated heterocycles. The molecule has 2 aromatic rings. The first-order chi connectivity index (χ1) is 28.4. The molecule has 328 valence electrons. The maximum absolute atomic E-state index is 13.7. The molecule has 0 N–H and O–H groups in total. The summed E-state index contributed by atoms with van der Waals surface area (Å²) in [5, 5.41) is 0. The standard InChI is InChI=1S/C38H38O23/c1-16(39)52-27-10-25(11-28(53-17(2)40)32(27)56-20(5)43)35(48)50-14-31-34(58-22(7)45)38(61-24(9)47,37(60-31)59-23(8)46)15-51-36(49)26-12-29(54-18(3)41)33(57-21(6)44)30(13-26)55-19(4)42/h10-13,31,34,37H,14-15H2,1-9H3/t31-,34-,37-,38-/m1/s1. The molecule has 2 aromatic carbocycles. The van der Waals surface area contributed by atoms with E-state index in [0.717, 1.165) is 86.6 Å². The fraction of sp³-hybridized carbons (Fsp3) is 0.395. The van der Waals surface area contributed by atoms with Gasteiger partial charge in [-0.05, 0) is 24.3 Å². The molecule has 1 aliphatic rings. The molecule has 1 aliphatic heterocycles. The fourth-order valence-electron chi connectivity index (χ4n) is 5.41. The Morgan fingerprint density at radius 3 is 1.16 bits per heavy atom. The molecule has 0 spiro atoms. The Labute approximate surface area is 344 Å². The number of hydrogen-bond donors (Lipinski definition) is 0. The number of benzene rings is 2. The number of carbonyl (C=O) groups is 11. The number of esters is 11. The van der Waals surface area contributed by atoms with Crippen LogP contribution in [0.15, 0.2) is 24.3 Å². The zero-order valence-corrected chi connectivity index (χ0v) is 33.8. The molecule has 0 unspecified atom stereocenters. The molecule has 0 bridgehead atoms. The van der Waals surface area contributed by atoms with Crippen LogP contribution >= 0.6 is 0 Å². The van der Waals surface area contributed by atoms with Gasteiger partial charge in [-0.25, -0.2) is 9.59 Å². The van der Waals surface area contributed by atoms with Crippen molar-refractivity contribution in [3.8, 4) is 34.5 Å². The second-order valence-corrected chi connectivity index (χ2v) is 12.5. The Bertz CT molecular complexity index is 2080. The summed E-state index contributed by atoms with van der Waals surface area (Å²) in [6.45, 7) is 6.52. The average molecular weight is 863 g/mol. The highest BCUT2D eigenvalue weighted by atomic mass is 16.8. The third kappa shape index (κ3) is 13.3. The lowest BCUT2D eigenvalue weighted by atomic mass is 9.95. The Balaban J connectivity index is 2.10. The van der Waals surface area contributed by atoms with Crippen molar-refractivity contribution in [3.05, 3.63) is 35.4 Å². The minimum Gasteiger partial charge on any atom is -0.459 e. The first kappa shape index (κ1) is 47.9. The van der Waals surface area contributed by atoms with Gasteiger partial charge in [-0.2, -0.15) is 0 Å². The Morgan fingerprint density at radius 2 is 0.836 bits per heavy atom. The third-order valence-electron chi connectivity index (χ3n) is 7.24. The molecular weight excluding hydrogens is 824 g/mol. The highest BCUT2D eigenvalue weighted by Crippen LogP contribution is 2.43. The van der Waals surface area contributed by atoms with Crippen molar-refractivity contribution in [3.63, 3.8) is 0 Å². The molecule has 23 nitrogen and oxygen atoms in total. The summed E-state index contributed by atoms with van der Waals surface area (Å²) in [6.07, 6.45) is -5.69. The van der Waals surface area contributed by atoms with E-state index in [4.69, 9.17) is 56.8 Å². The number of rotatable bonds is 15. The van der Waals surface area contributed by atoms with Crippen LogP contribution in [0.1, 0.15) is 83.0 Å². The van der Waals surface area contributed by atoms with Crippen LogP contribution in [0.2, 0.25) is 0 Å². The molecular formula is C38H38O23. The quantitative estimate of drug-likeness (QED) is 0.140. The van der Waals surface area contributed by atoms with Gasteiger partial charge in [0.25, 0.3) is 6.29 Å². The molecule has 0 radical (unpaired) electrons. The smallest absolute Gasteiger partial charge is 0.338 e. The molecule has 0 saturated carbocycles. The van der Waals surface area contributed by atoms with Crippen LogP contribution in [-0.4, -0.2) is 103 Å². The van der Waals surface area contributed by atoms with Gasteiger partial charge in [-0.1, -0.05) is 0 Å². The molecule has 23 heteroatoms. The average Bonchev–Trinajstić information content (AvgIpc) is 3.36. The largest absolute Gasteiger partial charge is 0.459 e. The SMILES string of the molecule is CC(=O)Oc1cc(C(=O)OC[C@H]2O[C@@H](OC(C)=O)[C@](COC(=O)c3cc(OC(C)=O)c(OC(C)=O)c(OC(C)=O)c3)(OC(C)=O)[C@@H]2OC(C)=O)cc(OC(C)=O)c1OC(C)=O.